The molecule has 2 aliphatic heterocycles. The molecular formula is C27H39N5O7S. The second-order valence-electron chi connectivity index (χ2n) is 11.5. The van der Waals surface area contributed by atoms with E-state index in [0.717, 1.165) is 64.1 Å². The van der Waals surface area contributed by atoms with Crippen LogP contribution in [0.15, 0.2) is 38.8 Å². The number of aryl methyl sites for hydroxylation is 1. The van der Waals surface area contributed by atoms with E-state index < -0.39 is 45.2 Å². The minimum Gasteiger partial charge on any atom is -0.436 e. The Bertz CT molecular complexity index is 1470. The van der Waals surface area contributed by atoms with Crippen molar-refractivity contribution >= 4 is 16.1 Å². The molecule has 2 atom stereocenters. The highest BCUT2D eigenvalue weighted by atomic mass is 32.2. The van der Waals surface area contributed by atoms with Gasteiger partial charge < -0.3 is 15.2 Å². The molecule has 0 spiro atoms. The van der Waals surface area contributed by atoms with Gasteiger partial charge in [0.05, 0.1) is 24.5 Å². The summed E-state index contributed by atoms with van der Waals surface area (Å²) >= 11 is 0. The van der Waals surface area contributed by atoms with Gasteiger partial charge in [-0.15, -0.1) is 0 Å². The second-order valence-corrected chi connectivity index (χ2v) is 13.5. The quantitative estimate of drug-likeness (QED) is 0.430. The molecule has 5 rings (SSSR count). The number of hydrogen-bond donors (Lipinski definition) is 2. The Hall–Kier alpha value is -2.90. The van der Waals surface area contributed by atoms with Gasteiger partial charge in [0.25, 0.3) is 0 Å². The van der Waals surface area contributed by atoms with Crippen molar-refractivity contribution in [1.29, 1.82) is 0 Å². The topological polar surface area (TPSA) is 145 Å². The summed E-state index contributed by atoms with van der Waals surface area (Å²) in [5.74, 6) is 0. The molecule has 1 aromatic heterocycles. The number of ether oxygens (including phenoxy) is 1. The highest BCUT2D eigenvalue weighted by molar-refractivity contribution is 7.89. The number of alkyl carbamates (subject to hydrolysis) is 1. The molecule has 2 aromatic rings. The number of carbonyl (C=O) groups is 1. The Morgan fingerprint density at radius 1 is 1.00 bits per heavy atom. The Balaban J connectivity index is 1.50. The number of β-amino-alcohol motifs (C(OH)–C–C–N with tert-alkyl or cyclic N) is 1. The van der Waals surface area contributed by atoms with Crippen LogP contribution in [0.2, 0.25) is 0 Å². The fourth-order valence-electron chi connectivity index (χ4n) is 6.20. The number of rotatable bonds is 9. The standard InChI is InChI=1S/C27H39N5O7S/c1-3-4-5-8-15-30-24(34)31-17-26(36)16-29(40(37,38)22-13-11-20(2)12-14-22)18-27(26,19-32(31)25(30)35)39-23(33)28-21-9-6-7-10-21/h11-14,21,36H,3-10,15-19H2,1-2H3,(H,28,33)/t26-,27+/m0/s1. The maximum atomic E-state index is 13.6. The van der Waals surface area contributed by atoms with Crippen LogP contribution in [0, 0.1) is 6.92 Å². The van der Waals surface area contributed by atoms with Gasteiger partial charge in [-0.2, -0.15) is 4.31 Å². The number of sulfonamides is 1. The molecule has 3 aliphatic rings. The molecule has 0 radical (unpaired) electrons. The summed E-state index contributed by atoms with van der Waals surface area (Å²) in [6, 6.07) is 6.27. The Labute approximate surface area is 233 Å². The minimum absolute atomic E-state index is 0.0390. The van der Waals surface area contributed by atoms with E-state index >= 15 is 0 Å². The number of hydrogen-bond acceptors (Lipinski definition) is 7. The van der Waals surface area contributed by atoms with Crippen LogP contribution in [0.1, 0.15) is 63.9 Å². The van der Waals surface area contributed by atoms with E-state index in [1.54, 1.807) is 12.1 Å². The average molecular weight is 578 g/mol. The summed E-state index contributed by atoms with van der Waals surface area (Å²) in [5.41, 5.74) is -3.97. The van der Waals surface area contributed by atoms with E-state index in [0.29, 0.717) is 6.42 Å². The normalized spacial score (nSPS) is 25.1. The number of unbranched alkanes of at least 4 members (excludes halogenated alkanes) is 3. The Kier molecular flexibility index (Phi) is 7.75. The van der Waals surface area contributed by atoms with E-state index in [4.69, 9.17) is 4.74 Å². The van der Waals surface area contributed by atoms with Crippen molar-refractivity contribution in [3.8, 4) is 0 Å². The lowest BCUT2D eigenvalue weighted by molar-refractivity contribution is -0.159. The molecule has 2 N–H and O–H groups in total. The number of carbonyl (C=O) groups excluding carboxylic acids is 1. The van der Waals surface area contributed by atoms with Crippen LogP contribution in [0.3, 0.4) is 0 Å². The molecule has 2 fully saturated rings. The molecule has 220 valence electrons. The molecule has 0 bridgehead atoms. The lowest BCUT2D eigenvalue weighted by atomic mass is 9.84. The summed E-state index contributed by atoms with van der Waals surface area (Å²) in [6.07, 6.45) is 6.33. The first-order chi connectivity index (χ1) is 19.0. The fourth-order valence-corrected chi connectivity index (χ4v) is 7.74. The summed E-state index contributed by atoms with van der Waals surface area (Å²) in [6.45, 7) is 2.66. The summed E-state index contributed by atoms with van der Waals surface area (Å²) < 4.78 is 37.8. The fraction of sp³-hybridized carbons (Fsp3) is 0.667. The zero-order chi connectivity index (χ0) is 28.7. The van der Waals surface area contributed by atoms with Crippen molar-refractivity contribution in [3.63, 3.8) is 0 Å². The van der Waals surface area contributed by atoms with Crippen LogP contribution in [-0.4, -0.2) is 68.2 Å². The lowest BCUT2D eigenvalue weighted by Crippen LogP contribution is -2.66. The van der Waals surface area contributed by atoms with E-state index in [1.807, 2.05) is 6.92 Å². The smallest absolute Gasteiger partial charge is 0.408 e. The highest BCUT2D eigenvalue weighted by Crippen LogP contribution is 2.42. The maximum absolute atomic E-state index is 13.6. The van der Waals surface area contributed by atoms with Crippen molar-refractivity contribution in [2.75, 3.05) is 13.1 Å². The first-order valence-corrected chi connectivity index (χ1v) is 15.6. The van der Waals surface area contributed by atoms with E-state index in [-0.39, 0.29) is 37.1 Å². The molecule has 1 aromatic carbocycles. The number of benzene rings is 1. The number of aromatic nitrogens is 3. The third-order valence-corrected chi connectivity index (χ3v) is 10.4. The minimum atomic E-state index is -4.08. The van der Waals surface area contributed by atoms with Crippen molar-refractivity contribution in [2.45, 2.75) is 107 Å². The molecular weight excluding hydrogens is 538 g/mol. The molecule has 12 nitrogen and oxygen atoms in total. The molecule has 3 heterocycles. The van der Waals surface area contributed by atoms with Gasteiger partial charge in [-0.1, -0.05) is 56.7 Å². The Morgan fingerprint density at radius 3 is 2.30 bits per heavy atom. The summed E-state index contributed by atoms with van der Waals surface area (Å²) in [7, 11) is -4.08. The largest absolute Gasteiger partial charge is 0.436 e. The van der Waals surface area contributed by atoms with Gasteiger partial charge >= 0.3 is 17.5 Å². The van der Waals surface area contributed by atoms with E-state index in [2.05, 4.69) is 12.2 Å². The zero-order valence-corrected chi connectivity index (χ0v) is 24.0. The van der Waals surface area contributed by atoms with Crippen LogP contribution in [0.25, 0.3) is 0 Å². The molecule has 1 aliphatic carbocycles. The third-order valence-electron chi connectivity index (χ3n) is 8.59. The second kappa shape index (κ2) is 10.8. The van der Waals surface area contributed by atoms with Crippen molar-refractivity contribution in [2.24, 2.45) is 0 Å². The number of nitrogens with one attached hydrogen (secondary N) is 1. The summed E-state index contributed by atoms with van der Waals surface area (Å²) in [4.78, 5) is 39.8. The summed E-state index contributed by atoms with van der Waals surface area (Å²) in [5, 5.41) is 14.9. The average Bonchev–Trinajstić information content (AvgIpc) is 3.57. The van der Waals surface area contributed by atoms with Gasteiger partial charge in [0.2, 0.25) is 10.0 Å². The molecule has 1 saturated heterocycles. The zero-order valence-electron chi connectivity index (χ0n) is 23.2. The van der Waals surface area contributed by atoms with Crippen LogP contribution in [0.5, 0.6) is 0 Å². The van der Waals surface area contributed by atoms with Gasteiger partial charge in [0, 0.05) is 19.1 Å². The van der Waals surface area contributed by atoms with Crippen LogP contribution < -0.4 is 16.7 Å². The van der Waals surface area contributed by atoms with Crippen molar-refractivity contribution in [3.05, 3.63) is 50.8 Å². The molecule has 1 amide bonds. The molecule has 40 heavy (non-hydrogen) atoms. The monoisotopic (exact) mass is 577 g/mol. The predicted octanol–water partition coefficient (Wildman–Crippen LogP) is 1.56. The van der Waals surface area contributed by atoms with Gasteiger partial charge in [0.1, 0.15) is 5.60 Å². The van der Waals surface area contributed by atoms with E-state index in [1.165, 1.54) is 16.8 Å². The van der Waals surface area contributed by atoms with Crippen LogP contribution in [0.4, 0.5) is 4.79 Å². The van der Waals surface area contributed by atoms with Gasteiger partial charge in [-0.05, 0) is 38.3 Å². The lowest BCUT2D eigenvalue weighted by Gasteiger charge is -2.43. The van der Waals surface area contributed by atoms with Gasteiger partial charge in [0.15, 0.2) is 5.60 Å². The van der Waals surface area contributed by atoms with Crippen molar-refractivity contribution in [1.82, 2.24) is 23.6 Å². The maximum Gasteiger partial charge on any atom is 0.408 e. The number of nitrogens with zero attached hydrogens (tertiary/aromatic N) is 4. The Morgan fingerprint density at radius 2 is 1.65 bits per heavy atom. The van der Waals surface area contributed by atoms with E-state index in [9.17, 15) is 27.9 Å². The van der Waals surface area contributed by atoms with Crippen molar-refractivity contribution < 1.29 is 23.1 Å². The number of amides is 1. The van der Waals surface area contributed by atoms with Crippen LogP contribution >= 0.6 is 0 Å². The van der Waals surface area contributed by atoms with Gasteiger partial charge in [-0.25, -0.2) is 36.7 Å². The molecule has 13 heteroatoms. The molecule has 0 unspecified atom stereocenters. The SMILES string of the molecule is CCCCCCn1c(=O)n2n(c1=O)C[C@]1(OC(=O)NC3CCCC3)CN(S(=O)(=O)c3ccc(C)cc3)C[C@]1(O)C2. The predicted molar refractivity (Wildman–Crippen MR) is 147 cm³/mol. The first kappa shape index (κ1) is 28.6. The van der Waals surface area contributed by atoms with Crippen LogP contribution in [-0.2, 0) is 34.4 Å². The third kappa shape index (κ3) is 5.03. The number of fused-ring (bicyclic) bond motifs is 2. The first-order valence-electron chi connectivity index (χ1n) is 14.2. The van der Waals surface area contributed by atoms with Gasteiger partial charge in [-0.3, -0.25) is 0 Å². The molecule has 1 saturated carbocycles. The highest BCUT2D eigenvalue weighted by Gasteiger charge is 2.65. The number of aliphatic hydroxyl groups is 1.